The van der Waals surface area contributed by atoms with E-state index in [2.05, 4.69) is 15.2 Å². The van der Waals surface area contributed by atoms with E-state index in [1.807, 2.05) is 0 Å². The van der Waals surface area contributed by atoms with Crippen molar-refractivity contribution in [3.63, 3.8) is 0 Å². The molecule has 4 aliphatic heterocycles. The lowest BCUT2D eigenvalue weighted by Crippen LogP contribution is -2.57. The van der Waals surface area contributed by atoms with Crippen molar-refractivity contribution < 1.29 is 18.7 Å². The van der Waals surface area contributed by atoms with E-state index in [9.17, 15) is 9.59 Å². The average molecular weight is 384 g/mol. The summed E-state index contributed by atoms with van der Waals surface area (Å²) < 4.78 is 10.8. The second-order valence-corrected chi connectivity index (χ2v) is 7.84. The molecule has 0 saturated carbocycles. The number of morpholine rings is 1. The van der Waals surface area contributed by atoms with Crippen molar-refractivity contribution in [1.29, 1.82) is 0 Å². The Bertz CT molecular complexity index is 897. The number of pyridine rings is 1. The maximum atomic E-state index is 12.8. The van der Waals surface area contributed by atoms with Gasteiger partial charge in [0.05, 0.1) is 25.0 Å². The Kier molecular flexibility index (Phi) is 4.52. The van der Waals surface area contributed by atoms with Crippen LogP contribution in [0.1, 0.15) is 33.7 Å². The average Bonchev–Trinajstić information content (AvgIpc) is 3.18. The van der Waals surface area contributed by atoms with Gasteiger partial charge in [0.1, 0.15) is 12.0 Å². The summed E-state index contributed by atoms with van der Waals surface area (Å²) in [5, 5.41) is 3.78. The molecule has 1 atom stereocenters. The van der Waals surface area contributed by atoms with E-state index < -0.39 is 0 Å². The summed E-state index contributed by atoms with van der Waals surface area (Å²) in [6.07, 6.45) is 5.25. The highest BCUT2D eigenvalue weighted by Gasteiger charge is 2.35. The Hall–Kier alpha value is -2.45. The number of ether oxygens (including phenoxy) is 1. The minimum Gasteiger partial charge on any atom is -0.462 e. The number of furan rings is 1. The van der Waals surface area contributed by atoms with Crippen LogP contribution in [0.15, 0.2) is 22.9 Å². The highest BCUT2D eigenvalue weighted by molar-refractivity contribution is 6.07. The first-order valence-corrected chi connectivity index (χ1v) is 9.96. The van der Waals surface area contributed by atoms with Crippen LogP contribution in [0.4, 0.5) is 0 Å². The van der Waals surface area contributed by atoms with E-state index in [1.165, 1.54) is 12.5 Å². The number of hydrogen-bond acceptors (Lipinski definition) is 6. The van der Waals surface area contributed by atoms with E-state index in [1.54, 1.807) is 11.0 Å². The van der Waals surface area contributed by atoms with Crippen LogP contribution < -0.4 is 5.32 Å². The topological polar surface area (TPSA) is 87.9 Å². The largest absolute Gasteiger partial charge is 0.462 e. The molecule has 8 nitrogen and oxygen atoms in total. The van der Waals surface area contributed by atoms with Gasteiger partial charge < -0.3 is 24.3 Å². The molecule has 2 amide bonds. The Morgan fingerprint density at radius 1 is 1.14 bits per heavy atom. The normalized spacial score (nSPS) is 27.1. The second kappa shape index (κ2) is 7.18. The molecule has 0 radical (unpaired) electrons. The van der Waals surface area contributed by atoms with Gasteiger partial charge in [-0.3, -0.25) is 9.59 Å². The van der Waals surface area contributed by atoms with Gasteiger partial charge in [-0.15, -0.1) is 0 Å². The molecular formula is C20H24N4O4. The third kappa shape index (κ3) is 3.16. The van der Waals surface area contributed by atoms with Crippen LogP contribution in [0.5, 0.6) is 0 Å². The van der Waals surface area contributed by atoms with Crippen molar-refractivity contribution in [3.05, 3.63) is 29.8 Å². The molecule has 4 aliphatic rings. The monoisotopic (exact) mass is 384 g/mol. The van der Waals surface area contributed by atoms with Gasteiger partial charge in [-0.1, -0.05) is 0 Å². The summed E-state index contributed by atoms with van der Waals surface area (Å²) in [5.41, 5.74) is 1.30. The minimum absolute atomic E-state index is 0.100. The molecule has 0 aromatic carbocycles. The summed E-state index contributed by atoms with van der Waals surface area (Å²) >= 11 is 0. The predicted octanol–water partition coefficient (Wildman–Crippen LogP) is 1.12. The number of piperidine rings is 3. The smallest absolute Gasteiger partial charge is 0.270 e. The lowest BCUT2D eigenvalue weighted by Gasteiger charge is -2.44. The quantitative estimate of drug-likeness (QED) is 0.853. The molecule has 2 bridgehead atoms. The first-order chi connectivity index (χ1) is 13.7. The van der Waals surface area contributed by atoms with Crippen molar-refractivity contribution in [2.45, 2.75) is 18.9 Å². The van der Waals surface area contributed by atoms with Gasteiger partial charge in [0.15, 0.2) is 5.58 Å². The van der Waals surface area contributed by atoms with Crippen molar-refractivity contribution in [2.24, 2.45) is 5.92 Å². The first kappa shape index (κ1) is 17.6. The van der Waals surface area contributed by atoms with Crippen molar-refractivity contribution in [1.82, 2.24) is 20.1 Å². The van der Waals surface area contributed by atoms with Crippen molar-refractivity contribution in [2.75, 3.05) is 45.9 Å². The molecule has 6 rings (SSSR count). The van der Waals surface area contributed by atoms with E-state index in [0.29, 0.717) is 54.4 Å². The highest BCUT2D eigenvalue weighted by atomic mass is 16.5. The number of fused-ring (bicyclic) bond motifs is 4. The van der Waals surface area contributed by atoms with E-state index >= 15 is 0 Å². The summed E-state index contributed by atoms with van der Waals surface area (Å²) in [6.45, 7) is 5.36. The number of nitrogens with zero attached hydrogens (tertiary/aromatic N) is 3. The molecule has 28 heavy (non-hydrogen) atoms. The SMILES string of the molecule is O=C(N[C@H]1CN2CCC1CC2)c1cc2c(C(=O)N3CCOCC3)coc2cn1. The molecule has 0 unspecified atom stereocenters. The zero-order valence-corrected chi connectivity index (χ0v) is 15.7. The van der Waals surface area contributed by atoms with Gasteiger partial charge in [0.2, 0.25) is 0 Å². The molecule has 4 fully saturated rings. The number of hydrogen-bond donors (Lipinski definition) is 1. The van der Waals surface area contributed by atoms with Crippen molar-refractivity contribution >= 4 is 22.8 Å². The zero-order valence-electron chi connectivity index (χ0n) is 15.7. The van der Waals surface area contributed by atoms with Crippen LogP contribution in [-0.4, -0.2) is 78.6 Å². The Morgan fingerprint density at radius 2 is 1.93 bits per heavy atom. The Morgan fingerprint density at radius 3 is 2.64 bits per heavy atom. The number of aromatic nitrogens is 1. The molecule has 2 aromatic heterocycles. The molecule has 6 heterocycles. The van der Waals surface area contributed by atoms with Gasteiger partial charge in [0.25, 0.3) is 11.8 Å². The van der Waals surface area contributed by atoms with Crippen LogP contribution in [0, 0.1) is 5.92 Å². The predicted molar refractivity (Wildman–Crippen MR) is 101 cm³/mol. The van der Waals surface area contributed by atoms with Crippen LogP contribution >= 0.6 is 0 Å². The van der Waals surface area contributed by atoms with Gasteiger partial charge in [-0.25, -0.2) is 4.98 Å². The maximum absolute atomic E-state index is 12.8. The van der Waals surface area contributed by atoms with Crippen LogP contribution in [0.3, 0.4) is 0 Å². The van der Waals surface area contributed by atoms with Gasteiger partial charge in [-0.2, -0.15) is 0 Å². The van der Waals surface area contributed by atoms with Crippen LogP contribution in [-0.2, 0) is 4.74 Å². The molecule has 2 aromatic rings. The zero-order chi connectivity index (χ0) is 19.1. The van der Waals surface area contributed by atoms with E-state index in [4.69, 9.17) is 9.15 Å². The van der Waals surface area contributed by atoms with E-state index in [0.717, 1.165) is 32.5 Å². The molecule has 0 spiro atoms. The van der Waals surface area contributed by atoms with Crippen LogP contribution in [0.25, 0.3) is 11.0 Å². The van der Waals surface area contributed by atoms with Gasteiger partial charge in [-0.05, 0) is 37.9 Å². The van der Waals surface area contributed by atoms with Gasteiger partial charge in [0, 0.05) is 31.1 Å². The fourth-order valence-electron chi connectivity index (χ4n) is 4.53. The third-order valence-corrected chi connectivity index (χ3v) is 6.20. The maximum Gasteiger partial charge on any atom is 0.270 e. The first-order valence-electron chi connectivity index (χ1n) is 9.96. The molecule has 1 N–H and O–H groups in total. The summed E-state index contributed by atoms with van der Waals surface area (Å²) in [6, 6.07) is 1.84. The van der Waals surface area contributed by atoms with E-state index in [-0.39, 0.29) is 17.9 Å². The summed E-state index contributed by atoms with van der Waals surface area (Å²) in [7, 11) is 0. The number of nitrogens with one attached hydrogen (secondary N) is 1. The lowest BCUT2D eigenvalue weighted by atomic mass is 9.84. The second-order valence-electron chi connectivity index (χ2n) is 7.84. The fourth-order valence-corrected chi connectivity index (χ4v) is 4.53. The summed E-state index contributed by atoms with van der Waals surface area (Å²) in [5.74, 6) is 0.258. The number of rotatable bonds is 3. The minimum atomic E-state index is -0.188. The third-order valence-electron chi connectivity index (χ3n) is 6.20. The Balaban J connectivity index is 1.36. The fraction of sp³-hybridized carbons (Fsp3) is 0.550. The summed E-state index contributed by atoms with van der Waals surface area (Å²) in [4.78, 5) is 34.1. The molecular weight excluding hydrogens is 360 g/mol. The van der Waals surface area contributed by atoms with Gasteiger partial charge >= 0.3 is 0 Å². The van der Waals surface area contributed by atoms with Crippen LogP contribution in [0.2, 0.25) is 0 Å². The molecule has 8 heteroatoms. The standard InChI is InChI=1S/C20H24N4O4/c25-19(22-17-11-23-3-1-13(17)2-4-23)16-9-14-15(12-28-18(14)10-21-16)20(26)24-5-7-27-8-6-24/h9-10,12-13,17H,1-8,11H2,(H,22,25)/t17-/m0/s1. The number of amides is 2. The molecule has 0 aliphatic carbocycles. The Labute approximate surface area is 162 Å². The highest BCUT2D eigenvalue weighted by Crippen LogP contribution is 2.28. The molecule has 148 valence electrons. The lowest BCUT2D eigenvalue weighted by molar-refractivity contribution is 0.0303. The molecule has 4 saturated heterocycles. The van der Waals surface area contributed by atoms with Crippen molar-refractivity contribution in [3.8, 4) is 0 Å². The number of carbonyl (C=O) groups is 2. The number of carbonyl (C=O) groups excluding carboxylic acids is 2.